The van der Waals surface area contributed by atoms with Gasteiger partial charge in [0, 0.05) is 12.0 Å². The fraction of sp³-hybridized carbons (Fsp3) is 0.0500. The molecule has 4 aromatic carbocycles. The molecule has 0 spiro atoms. The van der Waals surface area contributed by atoms with Gasteiger partial charge >= 0.3 is 0 Å². The fourth-order valence-corrected chi connectivity index (χ4v) is 3.70. The molecule has 0 N–H and O–H groups in total. The summed E-state index contributed by atoms with van der Waals surface area (Å²) in [5.41, 5.74) is 2.09. The third-order valence-corrected chi connectivity index (χ3v) is 4.63. The number of hydrogen-bond donors (Lipinski definition) is 0. The monoisotopic (exact) mass is 268 g/mol. The molecule has 21 heavy (non-hydrogen) atoms. The van der Waals surface area contributed by atoms with Crippen LogP contribution in [0.25, 0.3) is 32.3 Å². The summed E-state index contributed by atoms with van der Waals surface area (Å²) in [5.74, 6) is 0.247. The second-order valence-electron chi connectivity index (χ2n) is 5.74. The van der Waals surface area contributed by atoms with Gasteiger partial charge in [-0.15, -0.1) is 0 Å². The molecule has 5 rings (SSSR count). The van der Waals surface area contributed by atoms with Crippen LogP contribution in [0.4, 0.5) is 0 Å². The molecular weight excluding hydrogens is 256 g/mol. The van der Waals surface area contributed by atoms with Crippen LogP contribution in [0, 0.1) is 0 Å². The summed E-state index contributed by atoms with van der Waals surface area (Å²) in [6.07, 6.45) is 0.533. The number of fused-ring (bicyclic) bond motifs is 4. The van der Waals surface area contributed by atoms with Gasteiger partial charge in [0.2, 0.25) is 0 Å². The molecule has 1 aliphatic rings. The predicted molar refractivity (Wildman–Crippen MR) is 87.0 cm³/mol. The topological polar surface area (TPSA) is 17.1 Å². The maximum Gasteiger partial charge on any atom is 0.167 e. The Labute approximate surface area is 121 Å². The van der Waals surface area contributed by atoms with E-state index in [9.17, 15) is 4.79 Å². The van der Waals surface area contributed by atoms with Gasteiger partial charge in [-0.3, -0.25) is 4.79 Å². The lowest BCUT2D eigenvalue weighted by Crippen LogP contribution is -1.93. The zero-order chi connectivity index (χ0) is 14.0. The van der Waals surface area contributed by atoms with Gasteiger partial charge in [0.25, 0.3) is 0 Å². The summed E-state index contributed by atoms with van der Waals surface area (Å²) in [4.78, 5) is 12.3. The quantitative estimate of drug-likeness (QED) is 0.328. The van der Waals surface area contributed by atoms with Crippen molar-refractivity contribution in [1.29, 1.82) is 0 Å². The molecule has 0 fully saturated rings. The van der Waals surface area contributed by atoms with Crippen molar-refractivity contribution in [3.8, 4) is 0 Å². The van der Waals surface area contributed by atoms with Crippen molar-refractivity contribution in [3.05, 3.63) is 71.8 Å². The number of carbonyl (C=O) groups is 1. The highest BCUT2D eigenvalue weighted by molar-refractivity contribution is 6.23. The zero-order valence-corrected chi connectivity index (χ0v) is 11.4. The van der Waals surface area contributed by atoms with Crippen molar-refractivity contribution in [1.82, 2.24) is 0 Å². The smallest absolute Gasteiger partial charge is 0.167 e. The number of benzene rings is 4. The van der Waals surface area contributed by atoms with Crippen molar-refractivity contribution < 1.29 is 4.79 Å². The first-order valence-electron chi connectivity index (χ1n) is 7.22. The molecule has 0 bridgehead atoms. The summed E-state index contributed by atoms with van der Waals surface area (Å²) in [6.45, 7) is 0. The van der Waals surface area contributed by atoms with Gasteiger partial charge in [-0.05, 0) is 43.9 Å². The van der Waals surface area contributed by atoms with E-state index in [1.54, 1.807) is 0 Å². The highest BCUT2D eigenvalue weighted by atomic mass is 16.1. The van der Waals surface area contributed by atoms with Crippen molar-refractivity contribution in [2.24, 2.45) is 0 Å². The SMILES string of the molecule is O=C1Cc2c3ccc4ccccc4c3cc3cccc1c23. The summed E-state index contributed by atoms with van der Waals surface area (Å²) in [6, 6.07) is 21.1. The summed E-state index contributed by atoms with van der Waals surface area (Å²) >= 11 is 0. The Morgan fingerprint density at radius 2 is 1.57 bits per heavy atom. The van der Waals surface area contributed by atoms with E-state index in [0.29, 0.717) is 6.42 Å². The van der Waals surface area contributed by atoms with Crippen LogP contribution >= 0.6 is 0 Å². The molecule has 1 aliphatic carbocycles. The molecule has 0 heterocycles. The van der Waals surface area contributed by atoms with Gasteiger partial charge in [-0.25, -0.2) is 0 Å². The molecular formula is C20H12O. The molecule has 0 aliphatic heterocycles. The van der Waals surface area contributed by atoms with E-state index in [-0.39, 0.29) is 5.78 Å². The van der Waals surface area contributed by atoms with E-state index in [2.05, 4.69) is 48.5 Å². The number of hydrogen-bond acceptors (Lipinski definition) is 1. The Morgan fingerprint density at radius 3 is 2.52 bits per heavy atom. The fourth-order valence-electron chi connectivity index (χ4n) is 3.70. The Kier molecular flexibility index (Phi) is 1.95. The van der Waals surface area contributed by atoms with Crippen molar-refractivity contribution >= 4 is 38.1 Å². The maximum atomic E-state index is 12.3. The van der Waals surface area contributed by atoms with E-state index < -0.39 is 0 Å². The van der Waals surface area contributed by atoms with Crippen molar-refractivity contribution in [3.63, 3.8) is 0 Å². The average Bonchev–Trinajstić information content (AvgIpc) is 2.86. The van der Waals surface area contributed by atoms with Gasteiger partial charge in [0.05, 0.1) is 0 Å². The standard InChI is InChI=1S/C20H12O/c21-19-11-18-15-9-8-12-4-1-2-6-14(12)17(15)10-13-5-3-7-16(19)20(13)18/h1-10H,11H2. The first-order chi connectivity index (χ1) is 10.3. The number of Topliss-reactive ketones (excluding diaryl/α,β-unsaturated/α-hetero) is 1. The highest BCUT2D eigenvalue weighted by Crippen LogP contribution is 2.38. The van der Waals surface area contributed by atoms with Gasteiger partial charge in [-0.2, -0.15) is 0 Å². The molecule has 0 unspecified atom stereocenters. The zero-order valence-electron chi connectivity index (χ0n) is 11.4. The average molecular weight is 268 g/mol. The molecule has 0 radical (unpaired) electrons. The molecule has 0 saturated heterocycles. The van der Waals surface area contributed by atoms with Gasteiger partial charge in [0.15, 0.2) is 5.78 Å². The third-order valence-electron chi connectivity index (χ3n) is 4.63. The maximum absolute atomic E-state index is 12.3. The van der Waals surface area contributed by atoms with Crippen LogP contribution in [0.15, 0.2) is 60.7 Å². The lowest BCUT2D eigenvalue weighted by Gasteiger charge is -2.09. The van der Waals surface area contributed by atoms with Gasteiger partial charge < -0.3 is 0 Å². The van der Waals surface area contributed by atoms with Crippen LogP contribution in [-0.4, -0.2) is 5.78 Å². The second kappa shape index (κ2) is 3.70. The third kappa shape index (κ3) is 1.33. The Hall–Kier alpha value is -2.67. The lowest BCUT2D eigenvalue weighted by molar-refractivity contribution is 0.1000. The number of ketones is 1. The molecule has 4 aromatic rings. The van der Waals surface area contributed by atoms with Crippen molar-refractivity contribution in [2.75, 3.05) is 0 Å². The number of rotatable bonds is 0. The van der Waals surface area contributed by atoms with Crippen LogP contribution in [0.3, 0.4) is 0 Å². The molecule has 1 nitrogen and oxygen atoms in total. The molecule has 98 valence electrons. The van der Waals surface area contributed by atoms with Gasteiger partial charge in [0.1, 0.15) is 0 Å². The Morgan fingerprint density at radius 1 is 0.714 bits per heavy atom. The summed E-state index contributed by atoms with van der Waals surface area (Å²) in [5, 5.41) is 7.32. The van der Waals surface area contributed by atoms with E-state index in [1.165, 1.54) is 32.5 Å². The van der Waals surface area contributed by atoms with E-state index >= 15 is 0 Å². The van der Waals surface area contributed by atoms with Crippen LogP contribution in [0.5, 0.6) is 0 Å². The largest absolute Gasteiger partial charge is 0.294 e. The minimum atomic E-state index is 0.247. The van der Waals surface area contributed by atoms with E-state index in [4.69, 9.17) is 0 Å². The normalized spacial score (nSPS) is 13.6. The highest BCUT2D eigenvalue weighted by Gasteiger charge is 2.24. The van der Waals surface area contributed by atoms with Crippen LogP contribution in [0.1, 0.15) is 15.9 Å². The minimum absolute atomic E-state index is 0.247. The lowest BCUT2D eigenvalue weighted by atomic mass is 9.94. The first-order valence-corrected chi connectivity index (χ1v) is 7.22. The predicted octanol–water partition coefficient (Wildman–Crippen LogP) is 4.89. The second-order valence-corrected chi connectivity index (χ2v) is 5.74. The number of carbonyl (C=O) groups excluding carboxylic acids is 1. The Bertz CT molecular complexity index is 1070. The molecule has 0 saturated carbocycles. The molecule has 1 heteroatoms. The summed E-state index contributed by atoms with van der Waals surface area (Å²) in [7, 11) is 0. The molecule has 0 aromatic heterocycles. The Balaban J connectivity index is 2.10. The first kappa shape index (κ1) is 11.0. The van der Waals surface area contributed by atoms with E-state index in [0.717, 1.165) is 10.9 Å². The van der Waals surface area contributed by atoms with Crippen LogP contribution in [-0.2, 0) is 6.42 Å². The molecule has 0 amide bonds. The van der Waals surface area contributed by atoms with Gasteiger partial charge in [-0.1, -0.05) is 54.6 Å². The molecule has 0 atom stereocenters. The van der Waals surface area contributed by atoms with Crippen molar-refractivity contribution in [2.45, 2.75) is 6.42 Å². The van der Waals surface area contributed by atoms with E-state index in [1.807, 2.05) is 12.1 Å². The minimum Gasteiger partial charge on any atom is -0.294 e. The summed E-state index contributed by atoms with van der Waals surface area (Å²) < 4.78 is 0. The van der Waals surface area contributed by atoms with Crippen LogP contribution in [0.2, 0.25) is 0 Å². The van der Waals surface area contributed by atoms with Crippen LogP contribution < -0.4 is 0 Å².